The Hall–Kier alpha value is -2.56. The number of anilines is 1. The third kappa shape index (κ3) is 3.72. The van der Waals surface area contributed by atoms with E-state index in [1.165, 1.54) is 7.11 Å². The van der Waals surface area contributed by atoms with E-state index in [0.29, 0.717) is 0 Å². The first-order valence-electron chi connectivity index (χ1n) is 6.59. The van der Waals surface area contributed by atoms with Crippen molar-refractivity contribution < 1.29 is 14.3 Å². The number of carbonyl (C=O) groups excluding carboxylic acids is 1. The standard InChI is InChI=1S/C16H18N2O3/c1-11(12-4-6-14(20-2)7-5-12)18-13-8-9-17-15(10-13)16(19)21-3/h4-11H,1-3H3,(H,17,18). The fourth-order valence-corrected chi connectivity index (χ4v) is 1.96. The molecule has 5 heteroatoms. The zero-order valence-electron chi connectivity index (χ0n) is 12.3. The number of nitrogens with zero attached hydrogens (tertiary/aromatic N) is 1. The minimum atomic E-state index is -0.448. The predicted octanol–water partition coefficient (Wildman–Crippen LogP) is 3.05. The van der Waals surface area contributed by atoms with E-state index < -0.39 is 5.97 Å². The lowest BCUT2D eigenvalue weighted by Crippen LogP contribution is -2.09. The molecule has 0 aliphatic rings. The van der Waals surface area contributed by atoms with Crippen LogP contribution in [0.3, 0.4) is 0 Å². The summed E-state index contributed by atoms with van der Waals surface area (Å²) in [5.74, 6) is 0.374. The van der Waals surface area contributed by atoms with Crippen LogP contribution >= 0.6 is 0 Å². The summed E-state index contributed by atoms with van der Waals surface area (Å²) in [7, 11) is 2.98. The van der Waals surface area contributed by atoms with Crippen LogP contribution in [0, 0.1) is 0 Å². The molecule has 0 bridgehead atoms. The molecule has 21 heavy (non-hydrogen) atoms. The highest BCUT2D eigenvalue weighted by molar-refractivity contribution is 5.88. The molecule has 2 rings (SSSR count). The molecule has 0 radical (unpaired) electrons. The molecule has 1 atom stereocenters. The number of aromatic nitrogens is 1. The minimum Gasteiger partial charge on any atom is -0.497 e. The number of nitrogens with one attached hydrogen (secondary N) is 1. The van der Waals surface area contributed by atoms with Gasteiger partial charge in [0.1, 0.15) is 11.4 Å². The number of hydrogen-bond acceptors (Lipinski definition) is 5. The van der Waals surface area contributed by atoms with Gasteiger partial charge >= 0.3 is 5.97 Å². The van der Waals surface area contributed by atoms with Crippen LogP contribution in [-0.2, 0) is 4.74 Å². The molecule has 0 aliphatic carbocycles. The number of rotatable bonds is 5. The Morgan fingerprint density at radius 3 is 2.52 bits per heavy atom. The number of hydrogen-bond donors (Lipinski definition) is 1. The molecular weight excluding hydrogens is 268 g/mol. The van der Waals surface area contributed by atoms with Crippen molar-refractivity contribution in [2.45, 2.75) is 13.0 Å². The number of carbonyl (C=O) groups is 1. The van der Waals surface area contributed by atoms with Crippen molar-refractivity contribution >= 4 is 11.7 Å². The van der Waals surface area contributed by atoms with E-state index in [1.807, 2.05) is 37.3 Å². The van der Waals surface area contributed by atoms with Gasteiger partial charge in [-0.3, -0.25) is 0 Å². The van der Waals surface area contributed by atoms with Crippen molar-refractivity contribution in [1.29, 1.82) is 0 Å². The van der Waals surface area contributed by atoms with E-state index >= 15 is 0 Å². The zero-order valence-corrected chi connectivity index (χ0v) is 12.3. The van der Waals surface area contributed by atoms with Gasteiger partial charge in [0.15, 0.2) is 0 Å². The van der Waals surface area contributed by atoms with Crippen LogP contribution in [0.25, 0.3) is 0 Å². The van der Waals surface area contributed by atoms with Crippen LogP contribution in [0.5, 0.6) is 5.75 Å². The predicted molar refractivity (Wildman–Crippen MR) is 80.6 cm³/mol. The summed E-state index contributed by atoms with van der Waals surface area (Å²) in [5.41, 5.74) is 2.21. The molecule has 0 spiro atoms. The van der Waals surface area contributed by atoms with E-state index in [2.05, 4.69) is 15.0 Å². The van der Waals surface area contributed by atoms with Crippen LogP contribution in [0.1, 0.15) is 29.0 Å². The molecule has 110 valence electrons. The first-order chi connectivity index (χ1) is 10.1. The molecule has 0 aliphatic heterocycles. The first-order valence-corrected chi connectivity index (χ1v) is 6.59. The maximum absolute atomic E-state index is 11.5. The van der Waals surface area contributed by atoms with Crippen LogP contribution < -0.4 is 10.1 Å². The third-order valence-corrected chi connectivity index (χ3v) is 3.15. The van der Waals surface area contributed by atoms with Crippen LogP contribution in [0.15, 0.2) is 42.6 Å². The van der Waals surface area contributed by atoms with E-state index in [0.717, 1.165) is 17.0 Å². The van der Waals surface area contributed by atoms with E-state index in [1.54, 1.807) is 19.4 Å². The number of benzene rings is 1. The fourth-order valence-electron chi connectivity index (χ4n) is 1.96. The van der Waals surface area contributed by atoms with Gasteiger partial charge in [-0.05, 0) is 36.8 Å². The van der Waals surface area contributed by atoms with Crippen LogP contribution in [0.2, 0.25) is 0 Å². The minimum absolute atomic E-state index is 0.0869. The SMILES string of the molecule is COC(=O)c1cc(NC(C)c2ccc(OC)cc2)ccn1. The van der Waals surface area contributed by atoms with E-state index in [9.17, 15) is 4.79 Å². The van der Waals surface area contributed by atoms with Crippen LogP contribution in [0.4, 0.5) is 5.69 Å². The number of methoxy groups -OCH3 is 2. The lowest BCUT2D eigenvalue weighted by atomic mass is 10.1. The second-order valence-corrected chi connectivity index (χ2v) is 4.56. The Morgan fingerprint density at radius 1 is 1.19 bits per heavy atom. The molecule has 1 aromatic carbocycles. The smallest absolute Gasteiger partial charge is 0.356 e. The lowest BCUT2D eigenvalue weighted by molar-refractivity contribution is 0.0594. The van der Waals surface area contributed by atoms with Gasteiger partial charge in [0.05, 0.1) is 14.2 Å². The van der Waals surface area contributed by atoms with Gasteiger partial charge in [-0.15, -0.1) is 0 Å². The largest absolute Gasteiger partial charge is 0.497 e. The second-order valence-electron chi connectivity index (χ2n) is 4.56. The Labute approximate surface area is 123 Å². The quantitative estimate of drug-likeness (QED) is 0.856. The topological polar surface area (TPSA) is 60.5 Å². The Bertz CT molecular complexity index is 611. The van der Waals surface area contributed by atoms with Crippen molar-refractivity contribution in [2.75, 3.05) is 19.5 Å². The van der Waals surface area contributed by atoms with Crippen molar-refractivity contribution in [2.24, 2.45) is 0 Å². The normalized spacial score (nSPS) is 11.6. The van der Waals surface area contributed by atoms with Gasteiger partial charge in [0.25, 0.3) is 0 Å². The molecule has 0 fully saturated rings. The Balaban J connectivity index is 2.11. The molecule has 0 amide bonds. The molecular formula is C16H18N2O3. The Morgan fingerprint density at radius 2 is 1.90 bits per heavy atom. The first kappa shape index (κ1) is 14.8. The zero-order chi connectivity index (χ0) is 15.2. The van der Waals surface area contributed by atoms with Gasteiger partial charge in [-0.1, -0.05) is 12.1 Å². The maximum atomic E-state index is 11.5. The average molecular weight is 286 g/mol. The monoisotopic (exact) mass is 286 g/mol. The van der Waals surface area contributed by atoms with Gasteiger partial charge in [0.2, 0.25) is 0 Å². The molecule has 2 aromatic rings. The molecule has 1 heterocycles. The summed E-state index contributed by atoms with van der Waals surface area (Å²) >= 11 is 0. The summed E-state index contributed by atoms with van der Waals surface area (Å²) in [5, 5.41) is 3.33. The molecule has 5 nitrogen and oxygen atoms in total. The van der Waals surface area contributed by atoms with Gasteiger partial charge < -0.3 is 14.8 Å². The summed E-state index contributed by atoms with van der Waals surface area (Å²) in [6.07, 6.45) is 1.58. The fraction of sp³-hybridized carbons (Fsp3) is 0.250. The molecule has 0 saturated carbocycles. The van der Waals surface area contributed by atoms with Crippen LogP contribution in [-0.4, -0.2) is 25.2 Å². The Kier molecular flexibility index (Phi) is 4.77. The van der Waals surface area contributed by atoms with Crippen molar-refractivity contribution in [3.63, 3.8) is 0 Å². The van der Waals surface area contributed by atoms with Gasteiger partial charge in [0, 0.05) is 17.9 Å². The summed E-state index contributed by atoms with van der Waals surface area (Å²) < 4.78 is 9.80. The second kappa shape index (κ2) is 6.74. The lowest BCUT2D eigenvalue weighted by Gasteiger charge is -2.16. The summed E-state index contributed by atoms with van der Waals surface area (Å²) in [6, 6.07) is 11.4. The van der Waals surface area contributed by atoms with E-state index in [4.69, 9.17) is 4.74 Å². The highest BCUT2D eigenvalue weighted by Gasteiger charge is 2.10. The van der Waals surface area contributed by atoms with E-state index in [-0.39, 0.29) is 11.7 Å². The highest BCUT2D eigenvalue weighted by atomic mass is 16.5. The number of ether oxygens (including phenoxy) is 2. The maximum Gasteiger partial charge on any atom is 0.356 e. The third-order valence-electron chi connectivity index (χ3n) is 3.15. The van der Waals surface area contributed by atoms with Crippen molar-refractivity contribution in [3.05, 3.63) is 53.9 Å². The highest BCUT2D eigenvalue weighted by Crippen LogP contribution is 2.21. The molecule has 1 unspecified atom stereocenters. The molecule has 1 aromatic heterocycles. The summed E-state index contributed by atoms with van der Waals surface area (Å²) in [6.45, 7) is 2.04. The molecule has 0 saturated heterocycles. The average Bonchev–Trinajstić information content (AvgIpc) is 2.54. The van der Waals surface area contributed by atoms with Gasteiger partial charge in [-0.25, -0.2) is 9.78 Å². The molecule has 1 N–H and O–H groups in total. The van der Waals surface area contributed by atoms with Crippen molar-refractivity contribution in [3.8, 4) is 5.75 Å². The van der Waals surface area contributed by atoms with Crippen molar-refractivity contribution in [1.82, 2.24) is 4.98 Å². The van der Waals surface area contributed by atoms with Gasteiger partial charge in [-0.2, -0.15) is 0 Å². The number of pyridine rings is 1. The number of esters is 1. The summed E-state index contributed by atoms with van der Waals surface area (Å²) in [4.78, 5) is 15.4.